The van der Waals surface area contributed by atoms with E-state index in [2.05, 4.69) is 9.98 Å². The number of benzene rings is 2. The number of likely N-dealkylation sites (N-methyl/N-ethyl adjacent to an activating group) is 1. The number of hydrogen-bond acceptors (Lipinski definition) is 6. The minimum absolute atomic E-state index is 0.0631. The summed E-state index contributed by atoms with van der Waals surface area (Å²) in [6.45, 7) is 0. The SMILES string of the molecule is CN1C(=O)C(c2cccc(-c3cccnc3)c2)(c2cccc(C3(S(=O)(=O)O)CC3)c2)N=C1N. The molecular weight excluding hydrogens is 440 g/mol. The largest absolute Gasteiger partial charge is 0.369 e. The molecule has 1 amide bonds. The maximum Gasteiger partial charge on any atom is 0.274 e. The standard InChI is InChI=1S/C24H22N4O4S/c1-28-21(29)24(27-22(28)25,19-8-2-5-16(13-19)17-6-4-12-26-15-17)20-9-3-7-18(14-20)23(10-11-23)33(30,31)32/h2-9,12-15H,10-11H2,1H3,(H2,25,27)(H,30,31,32). The van der Waals surface area contributed by atoms with Crippen LogP contribution in [0.1, 0.15) is 29.5 Å². The minimum atomic E-state index is -4.31. The Morgan fingerprint density at radius 3 is 2.18 bits per heavy atom. The number of pyridine rings is 1. The smallest absolute Gasteiger partial charge is 0.274 e. The fourth-order valence-corrected chi connectivity index (χ4v) is 5.52. The lowest BCUT2D eigenvalue weighted by Gasteiger charge is -2.27. The molecule has 0 radical (unpaired) electrons. The average molecular weight is 463 g/mol. The minimum Gasteiger partial charge on any atom is -0.369 e. The molecule has 2 heterocycles. The summed E-state index contributed by atoms with van der Waals surface area (Å²) in [7, 11) is -2.76. The number of aromatic nitrogens is 1. The van der Waals surface area contributed by atoms with Gasteiger partial charge in [0.2, 0.25) is 0 Å². The van der Waals surface area contributed by atoms with E-state index in [-0.39, 0.29) is 11.9 Å². The highest BCUT2D eigenvalue weighted by Gasteiger charge is 2.56. The highest BCUT2D eigenvalue weighted by Crippen LogP contribution is 2.53. The number of carbonyl (C=O) groups excluding carboxylic acids is 1. The second kappa shape index (κ2) is 7.23. The summed E-state index contributed by atoms with van der Waals surface area (Å²) in [6.07, 6.45) is 4.05. The molecule has 0 saturated heterocycles. The predicted molar refractivity (Wildman–Crippen MR) is 124 cm³/mol. The Balaban J connectivity index is 1.72. The molecular formula is C24H22N4O4S. The number of rotatable bonds is 5. The summed E-state index contributed by atoms with van der Waals surface area (Å²) < 4.78 is 32.7. The number of carbonyl (C=O) groups is 1. The Bertz CT molecular complexity index is 1400. The van der Waals surface area contributed by atoms with E-state index < -0.39 is 20.4 Å². The third-order valence-electron chi connectivity index (χ3n) is 6.52. The van der Waals surface area contributed by atoms with Crippen molar-refractivity contribution in [1.29, 1.82) is 0 Å². The molecule has 33 heavy (non-hydrogen) atoms. The van der Waals surface area contributed by atoms with Crippen molar-refractivity contribution in [2.75, 3.05) is 7.05 Å². The van der Waals surface area contributed by atoms with Gasteiger partial charge in [0, 0.05) is 19.4 Å². The average Bonchev–Trinajstić information content (AvgIpc) is 3.61. The van der Waals surface area contributed by atoms with Crippen molar-refractivity contribution in [3.63, 3.8) is 0 Å². The van der Waals surface area contributed by atoms with Gasteiger partial charge in [0.15, 0.2) is 11.5 Å². The Morgan fingerprint density at radius 2 is 1.61 bits per heavy atom. The van der Waals surface area contributed by atoms with Gasteiger partial charge in [-0.25, -0.2) is 4.99 Å². The number of guanidine groups is 1. The number of aliphatic imine (C=N–C) groups is 1. The van der Waals surface area contributed by atoms with E-state index in [1.165, 1.54) is 4.90 Å². The molecule has 1 unspecified atom stereocenters. The number of nitrogens with two attached hydrogens (primary N) is 1. The molecule has 2 aliphatic rings. The van der Waals surface area contributed by atoms with Crippen molar-refractivity contribution in [2.45, 2.75) is 23.1 Å². The molecule has 9 heteroatoms. The second-order valence-corrected chi connectivity index (χ2v) is 10.1. The second-order valence-electron chi connectivity index (χ2n) is 8.42. The van der Waals surface area contributed by atoms with Gasteiger partial charge in [-0.05, 0) is 52.8 Å². The van der Waals surface area contributed by atoms with Gasteiger partial charge in [0.25, 0.3) is 16.0 Å². The predicted octanol–water partition coefficient (Wildman–Crippen LogP) is 2.66. The molecule has 8 nitrogen and oxygen atoms in total. The lowest BCUT2D eigenvalue weighted by molar-refractivity contribution is -0.129. The maximum absolute atomic E-state index is 13.6. The van der Waals surface area contributed by atoms with Crippen LogP contribution in [0.2, 0.25) is 0 Å². The summed E-state index contributed by atoms with van der Waals surface area (Å²) in [5.41, 5.74) is 7.83. The molecule has 1 aliphatic carbocycles. The Morgan fingerprint density at radius 1 is 0.970 bits per heavy atom. The molecule has 1 fully saturated rings. The van der Waals surface area contributed by atoms with Crippen LogP contribution in [0.3, 0.4) is 0 Å². The zero-order chi connectivity index (χ0) is 23.4. The van der Waals surface area contributed by atoms with Gasteiger partial charge in [0.05, 0.1) is 0 Å². The first kappa shape index (κ1) is 21.3. The molecule has 1 atom stereocenters. The van der Waals surface area contributed by atoms with Crippen molar-refractivity contribution < 1.29 is 17.8 Å². The lowest BCUT2D eigenvalue weighted by Crippen LogP contribution is -2.41. The molecule has 2 aromatic carbocycles. The Kier molecular flexibility index (Phi) is 4.66. The summed E-state index contributed by atoms with van der Waals surface area (Å²) in [6, 6.07) is 17.9. The van der Waals surface area contributed by atoms with Gasteiger partial charge >= 0.3 is 0 Å². The first-order valence-corrected chi connectivity index (χ1v) is 11.9. The van der Waals surface area contributed by atoms with Crippen LogP contribution in [0.15, 0.2) is 78.0 Å². The highest BCUT2D eigenvalue weighted by atomic mass is 32.2. The van der Waals surface area contributed by atoms with Crippen molar-refractivity contribution in [3.8, 4) is 11.1 Å². The first-order valence-electron chi connectivity index (χ1n) is 10.4. The first-order chi connectivity index (χ1) is 15.7. The zero-order valence-electron chi connectivity index (χ0n) is 17.8. The van der Waals surface area contributed by atoms with E-state index >= 15 is 0 Å². The van der Waals surface area contributed by atoms with Crippen LogP contribution in [-0.2, 0) is 25.2 Å². The van der Waals surface area contributed by atoms with Crippen LogP contribution in [0, 0.1) is 0 Å². The molecule has 1 aromatic heterocycles. The molecule has 5 rings (SSSR count). The van der Waals surface area contributed by atoms with Gasteiger partial charge < -0.3 is 5.73 Å². The van der Waals surface area contributed by atoms with Gasteiger partial charge in [-0.1, -0.05) is 48.5 Å². The van der Waals surface area contributed by atoms with Gasteiger partial charge in [-0.15, -0.1) is 0 Å². The molecule has 1 aliphatic heterocycles. The van der Waals surface area contributed by atoms with Crippen LogP contribution >= 0.6 is 0 Å². The summed E-state index contributed by atoms with van der Waals surface area (Å²) in [4.78, 5) is 23.7. The number of hydrogen-bond donors (Lipinski definition) is 2. The summed E-state index contributed by atoms with van der Waals surface area (Å²) in [5, 5.41) is 0. The molecule has 3 aromatic rings. The third kappa shape index (κ3) is 3.15. The number of amides is 1. The van der Waals surface area contributed by atoms with Gasteiger partial charge in [-0.3, -0.25) is 19.2 Å². The lowest BCUT2D eigenvalue weighted by atomic mass is 9.81. The Labute approximate surface area is 191 Å². The van der Waals surface area contributed by atoms with E-state index in [9.17, 15) is 17.8 Å². The zero-order valence-corrected chi connectivity index (χ0v) is 18.7. The molecule has 1 saturated carbocycles. The van der Waals surface area contributed by atoms with Crippen molar-refractivity contribution >= 4 is 22.0 Å². The monoisotopic (exact) mass is 462 g/mol. The van der Waals surface area contributed by atoms with E-state index in [0.717, 1.165) is 11.1 Å². The Hall–Kier alpha value is -3.56. The topological polar surface area (TPSA) is 126 Å². The van der Waals surface area contributed by atoms with E-state index in [0.29, 0.717) is 29.5 Å². The van der Waals surface area contributed by atoms with Gasteiger partial charge in [-0.2, -0.15) is 8.42 Å². The number of nitrogens with zero attached hydrogens (tertiary/aromatic N) is 3. The quantitative estimate of drug-likeness (QED) is 0.562. The van der Waals surface area contributed by atoms with Crippen LogP contribution in [-0.4, -0.2) is 41.8 Å². The molecule has 3 N–H and O–H groups in total. The molecule has 0 spiro atoms. The van der Waals surface area contributed by atoms with Crippen molar-refractivity contribution in [3.05, 3.63) is 89.7 Å². The normalized spacial score (nSPS) is 21.7. The van der Waals surface area contributed by atoms with Gasteiger partial charge in [0.1, 0.15) is 4.75 Å². The van der Waals surface area contributed by atoms with Crippen LogP contribution in [0.4, 0.5) is 0 Å². The third-order valence-corrected chi connectivity index (χ3v) is 8.15. The van der Waals surface area contributed by atoms with Crippen molar-refractivity contribution in [2.24, 2.45) is 10.7 Å². The highest BCUT2D eigenvalue weighted by molar-refractivity contribution is 7.87. The van der Waals surface area contributed by atoms with E-state index in [1.807, 2.05) is 30.3 Å². The van der Waals surface area contributed by atoms with Crippen LogP contribution in [0.25, 0.3) is 11.1 Å². The van der Waals surface area contributed by atoms with E-state index in [1.54, 1.807) is 49.8 Å². The van der Waals surface area contributed by atoms with Crippen LogP contribution in [0.5, 0.6) is 0 Å². The fourth-order valence-electron chi connectivity index (χ4n) is 4.48. The van der Waals surface area contributed by atoms with E-state index in [4.69, 9.17) is 5.73 Å². The summed E-state index contributed by atoms with van der Waals surface area (Å²) in [5.74, 6) is -0.287. The summed E-state index contributed by atoms with van der Waals surface area (Å²) >= 11 is 0. The molecule has 0 bridgehead atoms. The van der Waals surface area contributed by atoms with Crippen molar-refractivity contribution in [1.82, 2.24) is 9.88 Å². The molecule has 168 valence electrons. The maximum atomic E-state index is 13.6. The van der Waals surface area contributed by atoms with Crippen LogP contribution < -0.4 is 5.73 Å². The fraction of sp³-hybridized carbons (Fsp3) is 0.208.